The summed E-state index contributed by atoms with van der Waals surface area (Å²) in [6, 6.07) is 18.0. The summed E-state index contributed by atoms with van der Waals surface area (Å²) in [5.41, 5.74) is -0.891. The van der Waals surface area contributed by atoms with Crippen molar-refractivity contribution in [1.29, 1.82) is 0 Å². The van der Waals surface area contributed by atoms with Crippen molar-refractivity contribution in [3.8, 4) is 0 Å². The van der Waals surface area contributed by atoms with Gasteiger partial charge in [0.25, 0.3) is 5.91 Å². The second-order valence-corrected chi connectivity index (χ2v) is 10.1. The first-order valence-corrected chi connectivity index (χ1v) is 12.1. The Morgan fingerprint density at radius 3 is 2.06 bits per heavy atom. The minimum absolute atomic E-state index is 0.0948. The predicted molar refractivity (Wildman–Crippen MR) is 124 cm³/mol. The molecular weight excluding hydrogens is 416 g/mol. The number of quaternary nitrogens is 1. The molecule has 3 saturated heterocycles. The number of hydrogen-bond acceptors (Lipinski definition) is 4. The summed E-state index contributed by atoms with van der Waals surface area (Å²) in [6.45, 7) is 3.73. The van der Waals surface area contributed by atoms with Gasteiger partial charge in [0.05, 0.1) is 13.1 Å². The van der Waals surface area contributed by atoms with Crippen LogP contribution in [0.3, 0.4) is 0 Å². The average Bonchev–Trinajstić information content (AvgIpc) is 3.68. The average molecular weight is 450 g/mol. The number of nitrogens with one attached hydrogen (secondary N) is 1. The van der Waals surface area contributed by atoms with Gasteiger partial charge in [0.2, 0.25) is 5.60 Å². The van der Waals surface area contributed by atoms with E-state index >= 15 is 0 Å². The third-order valence-corrected chi connectivity index (χ3v) is 7.74. The lowest BCUT2D eigenvalue weighted by Gasteiger charge is -2.51. The number of benzene rings is 2. The first-order valence-electron chi connectivity index (χ1n) is 12.1. The van der Waals surface area contributed by atoms with E-state index in [-0.39, 0.29) is 17.9 Å². The quantitative estimate of drug-likeness (QED) is 0.480. The Morgan fingerprint density at radius 2 is 1.52 bits per heavy atom. The highest BCUT2D eigenvalue weighted by Gasteiger charge is 2.51. The van der Waals surface area contributed by atoms with Crippen LogP contribution in [0.5, 0.6) is 0 Å². The number of fused-ring (bicyclic) bond motifs is 3. The molecule has 6 rings (SSSR count). The molecule has 3 heterocycles. The molecule has 2 bridgehead atoms. The van der Waals surface area contributed by atoms with Gasteiger partial charge in [0.15, 0.2) is 12.6 Å². The minimum Gasteiger partial charge on any atom is -0.453 e. The number of ether oxygens (including phenoxy) is 1. The number of aliphatic hydroxyl groups is 1. The number of rotatable bonds is 8. The van der Waals surface area contributed by atoms with E-state index in [2.05, 4.69) is 5.32 Å². The maximum atomic E-state index is 13.6. The van der Waals surface area contributed by atoms with Crippen molar-refractivity contribution in [3.63, 3.8) is 0 Å². The highest BCUT2D eigenvalue weighted by molar-refractivity contribution is 5.85. The van der Waals surface area contributed by atoms with Crippen molar-refractivity contribution < 1.29 is 23.9 Å². The van der Waals surface area contributed by atoms with Gasteiger partial charge in [-0.25, -0.2) is 4.79 Å². The summed E-state index contributed by atoms with van der Waals surface area (Å²) in [7, 11) is 0. The number of nitrogens with zero attached hydrogens (tertiary/aromatic N) is 1. The Bertz CT molecular complexity index is 942. The molecule has 2 aromatic carbocycles. The molecule has 1 aliphatic carbocycles. The van der Waals surface area contributed by atoms with E-state index in [0.717, 1.165) is 32.5 Å². The summed E-state index contributed by atoms with van der Waals surface area (Å²) >= 11 is 0. The van der Waals surface area contributed by atoms with Crippen molar-refractivity contribution >= 4 is 11.9 Å². The van der Waals surface area contributed by atoms with Crippen molar-refractivity contribution in [3.05, 3.63) is 71.8 Å². The number of piperidine rings is 3. The van der Waals surface area contributed by atoms with E-state index in [1.165, 1.54) is 12.8 Å². The molecule has 0 radical (unpaired) electrons. The third-order valence-electron chi connectivity index (χ3n) is 7.74. The highest BCUT2D eigenvalue weighted by Crippen LogP contribution is 2.38. The fraction of sp³-hybridized carbons (Fsp3) is 0.481. The van der Waals surface area contributed by atoms with Crippen molar-refractivity contribution in [1.82, 2.24) is 5.32 Å². The first-order chi connectivity index (χ1) is 16.0. The maximum Gasteiger partial charge on any atom is 0.348 e. The van der Waals surface area contributed by atoms with Crippen LogP contribution < -0.4 is 5.32 Å². The number of hydrogen-bond donors (Lipinski definition) is 2. The number of carbonyl (C=O) groups is 2. The van der Waals surface area contributed by atoms with E-state index in [1.807, 2.05) is 36.4 Å². The van der Waals surface area contributed by atoms with E-state index in [0.29, 0.717) is 34.6 Å². The van der Waals surface area contributed by atoms with Crippen LogP contribution in [0.4, 0.5) is 0 Å². The molecule has 2 aromatic rings. The molecule has 2 N–H and O–H groups in total. The zero-order valence-electron chi connectivity index (χ0n) is 19.0. The topological polar surface area (TPSA) is 75.6 Å². The van der Waals surface area contributed by atoms with Gasteiger partial charge in [0, 0.05) is 25.3 Å². The Kier molecular flexibility index (Phi) is 5.97. The van der Waals surface area contributed by atoms with E-state index < -0.39 is 11.6 Å². The monoisotopic (exact) mass is 449 g/mol. The molecule has 174 valence electrons. The summed E-state index contributed by atoms with van der Waals surface area (Å²) in [6.07, 6.45) is 4.00. The van der Waals surface area contributed by atoms with Gasteiger partial charge in [0.1, 0.15) is 6.54 Å². The van der Waals surface area contributed by atoms with Crippen LogP contribution in [0.2, 0.25) is 0 Å². The number of esters is 1. The van der Waals surface area contributed by atoms with Crippen LogP contribution in [0, 0.1) is 11.8 Å². The van der Waals surface area contributed by atoms with E-state index in [1.54, 1.807) is 24.3 Å². The summed E-state index contributed by atoms with van der Waals surface area (Å²) in [4.78, 5) is 26.2. The summed E-state index contributed by atoms with van der Waals surface area (Å²) in [5, 5.41) is 14.8. The molecule has 1 atom stereocenters. The molecule has 4 aliphatic rings. The van der Waals surface area contributed by atoms with Crippen molar-refractivity contribution in [2.45, 2.75) is 37.4 Å². The van der Waals surface area contributed by atoms with E-state index in [4.69, 9.17) is 4.74 Å². The molecule has 4 fully saturated rings. The standard InChI is InChI=1S/C27H32N2O4/c30-25(28-17-20-11-12-20)19-29-15-13-21(14-16-29)24(18-29)33-26(31)27(32,22-7-3-1-4-8-22)23-9-5-2-6-10-23/h1-10,20-21,24,32H,11-19H2/p+1/t21?,24-,29?/m0/s1. The number of carbonyl (C=O) groups excluding carboxylic acids is 2. The molecule has 1 saturated carbocycles. The van der Waals surface area contributed by atoms with Gasteiger partial charge in [-0.15, -0.1) is 0 Å². The fourth-order valence-electron chi connectivity index (χ4n) is 5.50. The van der Waals surface area contributed by atoms with E-state index in [9.17, 15) is 14.7 Å². The van der Waals surface area contributed by atoms with Crippen molar-refractivity contribution in [2.24, 2.45) is 11.8 Å². The fourth-order valence-corrected chi connectivity index (χ4v) is 5.50. The maximum absolute atomic E-state index is 13.6. The van der Waals surface area contributed by atoms with Crippen molar-refractivity contribution in [2.75, 3.05) is 32.7 Å². The van der Waals surface area contributed by atoms with Gasteiger partial charge >= 0.3 is 5.97 Å². The minimum atomic E-state index is -1.87. The molecule has 6 heteroatoms. The predicted octanol–water partition coefficient (Wildman–Crippen LogP) is 2.60. The zero-order valence-corrected chi connectivity index (χ0v) is 19.0. The Labute approximate surface area is 195 Å². The SMILES string of the molecule is O=C(C[N+]12CCC(CC1)[C@@H](OC(=O)C(O)(c1ccccc1)c1ccccc1)C2)NCC1CC1. The van der Waals surface area contributed by atoms with Gasteiger partial charge in [-0.2, -0.15) is 0 Å². The van der Waals surface area contributed by atoms with Crippen LogP contribution in [-0.4, -0.2) is 60.3 Å². The van der Waals surface area contributed by atoms with Gasteiger partial charge in [-0.3, -0.25) is 4.79 Å². The second kappa shape index (κ2) is 8.92. The molecule has 6 nitrogen and oxygen atoms in total. The van der Waals surface area contributed by atoms with Gasteiger partial charge in [-0.05, 0) is 29.9 Å². The third kappa shape index (κ3) is 4.55. The first kappa shape index (κ1) is 22.1. The van der Waals surface area contributed by atoms with Crippen LogP contribution in [0.25, 0.3) is 0 Å². The lowest BCUT2D eigenvalue weighted by atomic mass is 9.82. The lowest BCUT2D eigenvalue weighted by molar-refractivity contribution is -0.939. The lowest BCUT2D eigenvalue weighted by Crippen LogP contribution is -2.67. The molecule has 0 aromatic heterocycles. The Hall–Kier alpha value is -2.70. The molecule has 0 unspecified atom stereocenters. The van der Waals surface area contributed by atoms with Gasteiger partial charge in [-0.1, -0.05) is 60.7 Å². The molecular formula is C27H33N2O4+. The Morgan fingerprint density at radius 1 is 0.939 bits per heavy atom. The number of amides is 1. The van der Waals surface area contributed by atoms with Gasteiger partial charge < -0.3 is 19.6 Å². The van der Waals surface area contributed by atoms with Crippen LogP contribution in [-0.2, 0) is 19.9 Å². The van der Waals surface area contributed by atoms with Crippen LogP contribution in [0.1, 0.15) is 36.8 Å². The van der Waals surface area contributed by atoms with Crippen LogP contribution in [0.15, 0.2) is 60.7 Å². The van der Waals surface area contributed by atoms with Crippen LogP contribution >= 0.6 is 0 Å². The smallest absolute Gasteiger partial charge is 0.348 e. The molecule has 0 spiro atoms. The summed E-state index contributed by atoms with van der Waals surface area (Å²) < 4.78 is 6.74. The largest absolute Gasteiger partial charge is 0.453 e. The second-order valence-electron chi connectivity index (χ2n) is 10.1. The Balaban J connectivity index is 1.33. The molecule has 33 heavy (non-hydrogen) atoms. The molecule has 3 aliphatic heterocycles. The zero-order chi connectivity index (χ0) is 22.9. The highest BCUT2D eigenvalue weighted by atomic mass is 16.6. The summed E-state index contributed by atoms with van der Waals surface area (Å²) in [5.74, 6) is 0.384. The molecule has 1 amide bonds. The normalized spacial score (nSPS) is 26.6.